The summed E-state index contributed by atoms with van der Waals surface area (Å²) in [6.07, 6.45) is 5.54. The van der Waals surface area contributed by atoms with Crippen LogP contribution in [0.2, 0.25) is 0 Å². The van der Waals surface area contributed by atoms with Crippen LogP contribution in [0, 0.1) is 12.8 Å². The highest BCUT2D eigenvalue weighted by molar-refractivity contribution is 8.26. The molecule has 2 aromatic heterocycles. The Balaban J connectivity index is 1.89. The summed E-state index contributed by atoms with van der Waals surface area (Å²) in [7, 11) is 0. The molecule has 2 aromatic rings. The summed E-state index contributed by atoms with van der Waals surface area (Å²) in [5.41, 5.74) is 1.89. The zero-order chi connectivity index (χ0) is 21.6. The van der Waals surface area contributed by atoms with Crippen molar-refractivity contribution >= 4 is 51.7 Å². The number of aromatic nitrogens is 2. The summed E-state index contributed by atoms with van der Waals surface area (Å²) >= 11 is 6.66. The zero-order valence-corrected chi connectivity index (χ0v) is 19.3. The molecule has 4 heterocycles. The van der Waals surface area contributed by atoms with E-state index in [9.17, 15) is 9.59 Å². The summed E-state index contributed by atoms with van der Waals surface area (Å²) in [6.45, 7) is 9.78. The van der Waals surface area contributed by atoms with Crippen LogP contribution in [0.3, 0.4) is 0 Å². The number of hydrogen-bond acceptors (Lipinski definition) is 6. The molecule has 0 spiro atoms. The van der Waals surface area contributed by atoms with Crippen LogP contribution >= 0.6 is 24.0 Å². The van der Waals surface area contributed by atoms with Gasteiger partial charge in [-0.1, -0.05) is 37.0 Å². The molecule has 0 radical (unpaired) electrons. The van der Waals surface area contributed by atoms with Crippen LogP contribution < -0.4 is 10.5 Å². The number of carbonyl (C=O) groups is 1. The van der Waals surface area contributed by atoms with Gasteiger partial charge in [0, 0.05) is 25.3 Å². The quantitative estimate of drug-likeness (QED) is 0.532. The first-order valence-corrected chi connectivity index (χ1v) is 11.5. The Hall–Kier alpha value is -2.19. The molecule has 2 saturated heterocycles. The number of hydrogen-bond donors (Lipinski definition) is 0. The number of carbonyl (C=O) groups excluding carboxylic acids is 1. The van der Waals surface area contributed by atoms with Gasteiger partial charge in [0.2, 0.25) is 0 Å². The molecule has 0 bridgehead atoms. The summed E-state index contributed by atoms with van der Waals surface area (Å²) in [5, 5.41) is 0. The van der Waals surface area contributed by atoms with Crippen molar-refractivity contribution in [1.29, 1.82) is 0 Å². The zero-order valence-electron chi connectivity index (χ0n) is 17.7. The molecule has 8 heteroatoms. The highest BCUT2D eigenvalue weighted by Gasteiger charge is 2.34. The SMILES string of the molecule is Cc1cccn2c(=O)c(C=C3SC(=S)N(C(C)C)C3=O)c(N3CCC(C)CC3)nc12. The Morgan fingerprint density at radius 1 is 1.27 bits per heavy atom. The highest BCUT2D eigenvalue weighted by Crippen LogP contribution is 2.35. The minimum absolute atomic E-state index is 0.0232. The second-order valence-corrected chi connectivity index (χ2v) is 10.0. The van der Waals surface area contributed by atoms with Crippen molar-refractivity contribution in [3.05, 3.63) is 44.7 Å². The maximum atomic E-state index is 13.5. The van der Waals surface area contributed by atoms with Gasteiger partial charge in [0.1, 0.15) is 15.8 Å². The van der Waals surface area contributed by atoms with Gasteiger partial charge in [-0.15, -0.1) is 0 Å². The molecular weight excluding hydrogens is 416 g/mol. The van der Waals surface area contributed by atoms with Crippen LogP contribution in [0.15, 0.2) is 28.0 Å². The molecular formula is C22H26N4O2S2. The largest absolute Gasteiger partial charge is 0.356 e. The maximum Gasteiger partial charge on any atom is 0.267 e. The minimum Gasteiger partial charge on any atom is -0.356 e. The molecule has 2 aliphatic rings. The topological polar surface area (TPSA) is 57.9 Å². The number of thiocarbonyl (C=S) groups is 1. The van der Waals surface area contributed by atoms with Gasteiger partial charge in [-0.05, 0) is 57.2 Å². The summed E-state index contributed by atoms with van der Waals surface area (Å²) in [5.74, 6) is 1.18. The monoisotopic (exact) mass is 442 g/mol. The Morgan fingerprint density at radius 3 is 2.60 bits per heavy atom. The lowest BCUT2D eigenvalue weighted by atomic mass is 9.99. The van der Waals surface area contributed by atoms with Crippen LogP contribution in [-0.2, 0) is 4.79 Å². The molecule has 2 fully saturated rings. The van der Waals surface area contributed by atoms with E-state index in [1.807, 2.05) is 32.9 Å². The lowest BCUT2D eigenvalue weighted by Crippen LogP contribution is -2.36. The van der Waals surface area contributed by atoms with Crippen LogP contribution in [0.25, 0.3) is 11.7 Å². The summed E-state index contributed by atoms with van der Waals surface area (Å²) < 4.78 is 2.10. The van der Waals surface area contributed by atoms with Gasteiger partial charge in [-0.25, -0.2) is 4.98 Å². The number of amides is 1. The third kappa shape index (κ3) is 3.67. The molecule has 1 amide bonds. The van der Waals surface area contributed by atoms with E-state index in [1.165, 1.54) is 11.8 Å². The fourth-order valence-corrected chi connectivity index (χ4v) is 5.45. The van der Waals surface area contributed by atoms with Crippen molar-refractivity contribution in [1.82, 2.24) is 14.3 Å². The van der Waals surface area contributed by atoms with E-state index in [0.29, 0.717) is 32.2 Å². The van der Waals surface area contributed by atoms with Crippen molar-refractivity contribution < 1.29 is 4.79 Å². The molecule has 158 valence electrons. The number of piperidine rings is 1. The summed E-state index contributed by atoms with van der Waals surface area (Å²) in [4.78, 5) is 35.6. The van der Waals surface area contributed by atoms with Crippen molar-refractivity contribution in [3.63, 3.8) is 0 Å². The van der Waals surface area contributed by atoms with Crippen molar-refractivity contribution in [2.75, 3.05) is 18.0 Å². The first kappa shape index (κ1) is 21.1. The van der Waals surface area contributed by atoms with Crippen LogP contribution in [0.4, 0.5) is 5.82 Å². The molecule has 0 N–H and O–H groups in total. The van der Waals surface area contributed by atoms with Gasteiger partial charge in [-0.3, -0.25) is 18.9 Å². The van der Waals surface area contributed by atoms with Crippen molar-refractivity contribution in [2.45, 2.75) is 46.6 Å². The van der Waals surface area contributed by atoms with E-state index >= 15 is 0 Å². The minimum atomic E-state index is -0.160. The average Bonchev–Trinajstić information content (AvgIpc) is 2.98. The number of rotatable bonds is 3. The number of anilines is 1. The number of nitrogens with zero attached hydrogens (tertiary/aromatic N) is 4. The second-order valence-electron chi connectivity index (χ2n) is 8.35. The van der Waals surface area contributed by atoms with Gasteiger partial charge in [0.05, 0.1) is 10.5 Å². The Bertz CT molecular complexity index is 1110. The van der Waals surface area contributed by atoms with Crippen molar-refractivity contribution in [3.8, 4) is 0 Å². The van der Waals surface area contributed by atoms with Crippen LogP contribution in [0.5, 0.6) is 0 Å². The fourth-order valence-electron chi connectivity index (χ4n) is 3.94. The predicted molar refractivity (Wildman–Crippen MR) is 127 cm³/mol. The van der Waals surface area contributed by atoms with E-state index in [-0.39, 0.29) is 17.5 Å². The van der Waals surface area contributed by atoms with E-state index in [0.717, 1.165) is 31.5 Å². The van der Waals surface area contributed by atoms with Gasteiger partial charge < -0.3 is 4.90 Å². The molecule has 0 aliphatic carbocycles. The number of thioether (sulfide) groups is 1. The normalized spacial score (nSPS) is 19.7. The van der Waals surface area contributed by atoms with Gasteiger partial charge in [-0.2, -0.15) is 0 Å². The Morgan fingerprint density at radius 2 is 1.97 bits per heavy atom. The lowest BCUT2D eigenvalue weighted by molar-refractivity contribution is -0.123. The highest BCUT2D eigenvalue weighted by atomic mass is 32.2. The third-order valence-electron chi connectivity index (χ3n) is 5.76. The molecule has 30 heavy (non-hydrogen) atoms. The molecule has 0 aromatic carbocycles. The molecule has 0 saturated carbocycles. The lowest BCUT2D eigenvalue weighted by Gasteiger charge is -2.32. The van der Waals surface area contributed by atoms with Crippen LogP contribution in [-0.4, -0.2) is 43.6 Å². The Labute approximate surface area is 186 Å². The Kier molecular flexibility index (Phi) is 5.72. The first-order valence-electron chi connectivity index (χ1n) is 10.3. The van der Waals surface area contributed by atoms with E-state index in [4.69, 9.17) is 17.2 Å². The smallest absolute Gasteiger partial charge is 0.267 e. The standard InChI is InChI=1S/C22H26N4O2S2/c1-13(2)26-21(28)17(30-22(26)29)12-16-19(24-10-7-14(3)8-11-24)23-18-15(4)6-5-9-25(18)20(16)27/h5-6,9,12-14H,7-8,10-11H2,1-4H3. The van der Waals surface area contributed by atoms with E-state index in [2.05, 4.69) is 11.8 Å². The van der Waals surface area contributed by atoms with Crippen molar-refractivity contribution in [2.24, 2.45) is 5.92 Å². The fraction of sp³-hybridized carbons (Fsp3) is 0.455. The number of aryl methyl sites for hydroxylation is 1. The first-order chi connectivity index (χ1) is 14.3. The molecule has 0 atom stereocenters. The van der Waals surface area contributed by atoms with Gasteiger partial charge >= 0.3 is 0 Å². The van der Waals surface area contributed by atoms with E-state index < -0.39 is 0 Å². The molecule has 0 unspecified atom stereocenters. The van der Waals surface area contributed by atoms with Crippen LogP contribution in [0.1, 0.15) is 44.7 Å². The van der Waals surface area contributed by atoms with Gasteiger partial charge in [0.15, 0.2) is 0 Å². The maximum absolute atomic E-state index is 13.5. The summed E-state index contributed by atoms with van der Waals surface area (Å²) in [6, 6.07) is 3.78. The second kappa shape index (κ2) is 8.15. The number of pyridine rings is 1. The van der Waals surface area contributed by atoms with E-state index in [1.54, 1.807) is 21.6 Å². The van der Waals surface area contributed by atoms with Gasteiger partial charge in [0.25, 0.3) is 11.5 Å². The average molecular weight is 443 g/mol. The molecule has 4 rings (SSSR count). The number of fused-ring (bicyclic) bond motifs is 1. The third-order valence-corrected chi connectivity index (χ3v) is 7.09. The predicted octanol–water partition coefficient (Wildman–Crippen LogP) is 3.85. The molecule has 2 aliphatic heterocycles. The molecule has 6 nitrogen and oxygen atoms in total.